The Hall–Kier alpha value is -1.42. The molecule has 0 aliphatic carbocycles. The summed E-state index contributed by atoms with van der Waals surface area (Å²) in [6.07, 6.45) is 2.38. The summed E-state index contributed by atoms with van der Waals surface area (Å²) in [4.78, 5) is 0. The Kier molecular flexibility index (Phi) is 3.51. The minimum Gasteiger partial charge on any atom is -0.454 e. The number of hydrogen-bond donors (Lipinski definition) is 2. The van der Waals surface area contributed by atoms with Gasteiger partial charge in [-0.05, 0) is 24.6 Å². The lowest BCUT2D eigenvalue weighted by Gasteiger charge is -2.08. The molecule has 0 fully saturated rings. The van der Waals surface area contributed by atoms with Gasteiger partial charge in [-0.25, -0.2) is 0 Å². The van der Waals surface area contributed by atoms with Crippen LogP contribution in [0.3, 0.4) is 0 Å². The van der Waals surface area contributed by atoms with Crippen LogP contribution in [0.2, 0.25) is 0 Å². The largest absolute Gasteiger partial charge is 0.454 e. The molecule has 4 nitrogen and oxygen atoms in total. The first-order chi connectivity index (χ1) is 7.81. The van der Waals surface area contributed by atoms with Crippen LogP contribution in [0, 0.1) is 0 Å². The van der Waals surface area contributed by atoms with E-state index in [0.29, 0.717) is 6.79 Å². The third kappa shape index (κ3) is 2.39. The van der Waals surface area contributed by atoms with Gasteiger partial charge in [0, 0.05) is 18.3 Å². The number of nitrogens with one attached hydrogen (secondary N) is 1. The Balaban J connectivity index is 1.98. The molecule has 0 bridgehead atoms. The van der Waals surface area contributed by atoms with Gasteiger partial charge in [-0.1, -0.05) is 13.3 Å². The lowest BCUT2D eigenvalue weighted by molar-refractivity contribution is 0.174. The van der Waals surface area contributed by atoms with Crippen LogP contribution in [0.1, 0.15) is 25.3 Å². The Morgan fingerprint density at radius 3 is 2.81 bits per heavy atom. The molecule has 1 heterocycles. The Labute approximate surface area is 95.7 Å². The molecule has 2 rings (SSSR count). The van der Waals surface area contributed by atoms with Crippen molar-refractivity contribution in [3.05, 3.63) is 17.7 Å². The lowest BCUT2D eigenvalue weighted by atomic mass is 10.1. The van der Waals surface area contributed by atoms with Crippen LogP contribution in [0.25, 0.3) is 0 Å². The summed E-state index contributed by atoms with van der Waals surface area (Å²) in [5.74, 6) is 1.54. The van der Waals surface area contributed by atoms with Crippen molar-refractivity contribution in [2.24, 2.45) is 0 Å². The minimum absolute atomic E-state index is 0.293. The zero-order chi connectivity index (χ0) is 11.4. The molecule has 4 heteroatoms. The highest BCUT2D eigenvalue weighted by Crippen LogP contribution is 2.35. The van der Waals surface area contributed by atoms with Gasteiger partial charge in [-0.3, -0.25) is 0 Å². The summed E-state index contributed by atoms with van der Waals surface area (Å²) >= 11 is 0. The summed E-state index contributed by atoms with van der Waals surface area (Å²) in [6, 6.07) is 3.79. The van der Waals surface area contributed by atoms with Gasteiger partial charge in [0.2, 0.25) is 6.79 Å². The molecule has 0 saturated heterocycles. The number of ether oxygens (including phenoxy) is 2. The molecule has 0 aromatic heterocycles. The summed E-state index contributed by atoms with van der Waals surface area (Å²) in [5.41, 5.74) is 7.76. The topological polar surface area (TPSA) is 56.5 Å². The normalized spacial score (nSPS) is 13.1. The van der Waals surface area contributed by atoms with Gasteiger partial charge < -0.3 is 20.5 Å². The number of unbranched alkanes of at least 4 members (excludes halogenated alkanes) is 1. The van der Waals surface area contributed by atoms with E-state index in [0.717, 1.165) is 35.8 Å². The standard InChI is InChI=1S/C12H18N2O2/c1-2-3-4-14-7-9-5-11-12(6-10(9)13)16-8-15-11/h5-6,14H,2-4,7-8,13H2,1H3. The predicted octanol–water partition coefficient (Wildman–Crippen LogP) is 1.89. The number of anilines is 1. The van der Waals surface area contributed by atoms with Crippen molar-refractivity contribution in [3.63, 3.8) is 0 Å². The average molecular weight is 222 g/mol. The number of nitrogens with two attached hydrogens (primary N) is 1. The molecular weight excluding hydrogens is 204 g/mol. The van der Waals surface area contributed by atoms with Crippen LogP contribution in [-0.4, -0.2) is 13.3 Å². The van der Waals surface area contributed by atoms with Gasteiger partial charge in [0.05, 0.1) is 0 Å². The van der Waals surface area contributed by atoms with Gasteiger partial charge in [0.1, 0.15) is 0 Å². The number of nitrogen functional groups attached to an aromatic ring is 1. The quantitative estimate of drug-likeness (QED) is 0.590. The molecule has 0 radical (unpaired) electrons. The molecule has 0 amide bonds. The molecule has 1 aliphatic rings. The fourth-order valence-electron chi connectivity index (χ4n) is 1.68. The lowest BCUT2D eigenvalue weighted by Crippen LogP contribution is -2.15. The predicted molar refractivity (Wildman–Crippen MR) is 63.6 cm³/mol. The van der Waals surface area contributed by atoms with Crippen LogP contribution in [-0.2, 0) is 6.54 Å². The van der Waals surface area contributed by atoms with Crippen molar-refractivity contribution < 1.29 is 9.47 Å². The van der Waals surface area contributed by atoms with E-state index >= 15 is 0 Å². The molecule has 3 N–H and O–H groups in total. The Morgan fingerprint density at radius 2 is 2.06 bits per heavy atom. The van der Waals surface area contributed by atoms with E-state index in [2.05, 4.69) is 12.2 Å². The fourth-order valence-corrected chi connectivity index (χ4v) is 1.68. The fraction of sp³-hybridized carbons (Fsp3) is 0.500. The Morgan fingerprint density at radius 1 is 1.31 bits per heavy atom. The molecule has 0 unspecified atom stereocenters. The molecule has 1 aliphatic heterocycles. The molecule has 1 aromatic carbocycles. The first-order valence-electron chi connectivity index (χ1n) is 5.70. The van der Waals surface area contributed by atoms with Crippen molar-refractivity contribution in [1.29, 1.82) is 0 Å². The van der Waals surface area contributed by atoms with Gasteiger partial charge in [-0.2, -0.15) is 0 Å². The highest BCUT2D eigenvalue weighted by Gasteiger charge is 2.15. The van der Waals surface area contributed by atoms with Crippen molar-refractivity contribution in [1.82, 2.24) is 5.32 Å². The second kappa shape index (κ2) is 5.07. The SMILES string of the molecule is CCCCNCc1cc2c(cc1N)OCO2. The summed E-state index contributed by atoms with van der Waals surface area (Å²) in [5, 5.41) is 3.36. The van der Waals surface area contributed by atoms with E-state index in [1.165, 1.54) is 12.8 Å². The molecule has 88 valence electrons. The average Bonchev–Trinajstić information content (AvgIpc) is 2.71. The van der Waals surface area contributed by atoms with Crippen LogP contribution < -0.4 is 20.5 Å². The highest BCUT2D eigenvalue weighted by atomic mass is 16.7. The van der Waals surface area contributed by atoms with Crippen LogP contribution in [0.5, 0.6) is 11.5 Å². The molecule has 1 aromatic rings. The number of hydrogen-bond acceptors (Lipinski definition) is 4. The van der Waals surface area contributed by atoms with Crippen LogP contribution in [0.15, 0.2) is 12.1 Å². The van der Waals surface area contributed by atoms with Crippen molar-refractivity contribution in [2.75, 3.05) is 19.1 Å². The van der Waals surface area contributed by atoms with E-state index in [4.69, 9.17) is 15.2 Å². The number of benzene rings is 1. The minimum atomic E-state index is 0.293. The molecule has 0 atom stereocenters. The Bertz CT molecular complexity index is 366. The zero-order valence-corrected chi connectivity index (χ0v) is 9.58. The molecule has 0 spiro atoms. The zero-order valence-electron chi connectivity index (χ0n) is 9.58. The highest BCUT2D eigenvalue weighted by molar-refractivity contribution is 5.58. The van der Waals surface area contributed by atoms with E-state index < -0.39 is 0 Å². The smallest absolute Gasteiger partial charge is 0.231 e. The number of rotatable bonds is 5. The van der Waals surface area contributed by atoms with Gasteiger partial charge in [0.25, 0.3) is 0 Å². The molecule has 0 saturated carbocycles. The van der Waals surface area contributed by atoms with Crippen LogP contribution >= 0.6 is 0 Å². The third-order valence-corrected chi connectivity index (χ3v) is 2.66. The molecule has 16 heavy (non-hydrogen) atoms. The van der Waals surface area contributed by atoms with E-state index in [-0.39, 0.29) is 0 Å². The monoisotopic (exact) mass is 222 g/mol. The maximum absolute atomic E-state index is 5.93. The summed E-state index contributed by atoms with van der Waals surface area (Å²) in [6.45, 7) is 4.27. The van der Waals surface area contributed by atoms with Gasteiger partial charge >= 0.3 is 0 Å². The maximum atomic E-state index is 5.93. The third-order valence-electron chi connectivity index (χ3n) is 2.66. The van der Waals surface area contributed by atoms with E-state index in [1.54, 1.807) is 0 Å². The number of fused-ring (bicyclic) bond motifs is 1. The van der Waals surface area contributed by atoms with E-state index in [1.807, 2.05) is 12.1 Å². The van der Waals surface area contributed by atoms with Crippen molar-refractivity contribution >= 4 is 5.69 Å². The maximum Gasteiger partial charge on any atom is 0.231 e. The molecular formula is C12H18N2O2. The van der Waals surface area contributed by atoms with Crippen molar-refractivity contribution in [3.8, 4) is 11.5 Å². The van der Waals surface area contributed by atoms with Crippen LogP contribution in [0.4, 0.5) is 5.69 Å². The second-order valence-electron chi connectivity index (χ2n) is 3.93. The first kappa shape index (κ1) is 11.1. The summed E-state index contributed by atoms with van der Waals surface area (Å²) in [7, 11) is 0. The summed E-state index contributed by atoms with van der Waals surface area (Å²) < 4.78 is 10.6. The van der Waals surface area contributed by atoms with Gasteiger partial charge in [-0.15, -0.1) is 0 Å². The first-order valence-corrected chi connectivity index (χ1v) is 5.70. The van der Waals surface area contributed by atoms with E-state index in [9.17, 15) is 0 Å². The van der Waals surface area contributed by atoms with Gasteiger partial charge in [0.15, 0.2) is 11.5 Å². The second-order valence-corrected chi connectivity index (χ2v) is 3.93. The van der Waals surface area contributed by atoms with Crippen molar-refractivity contribution in [2.45, 2.75) is 26.3 Å².